The van der Waals surface area contributed by atoms with Crippen molar-refractivity contribution < 1.29 is 13.9 Å². The highest BCUT2D eigenvalue weighted by Gasteiger charge is 2.44. The molecule has 0 heterocycles. The SMILES string of the molecule is CCC[C@H](O)C(F)(F)C1C=CC=CC1. The Morgan fingerprint density at radius 1 is 1.50 bits per heavy atom. The lowest BCUT2D eigenvalue weighted by molar-refractivity contribution is -0.137. The molecule has 2 atom stereocenters. The highest BCUT2D eigenvalue weighted by Crippen LogP contribution is 2.35. The molecule has 0 aliphatic heterocycles. The Morgan fingerprint density at radius 3 is 2.71 bits per heavy atom. The van der Waals surface area contributed by atoms with E-state index in [4.69, 9.17) is 0 Å². The summed E-state index contributed by atoms with van der Waals surface area (Å²) < 4.78 is 27.1. The minimum absolute atomic E-state index is 0.154. The highest BCUT2D eigenvalue weighted by molar-refractivity contribution is 5.14. The van der Waals surface area contributed by atoms with Crippen molar-refractivity contribution in [1.82, 2.24) is 0 Å². The zero-order valence-corrected chi connectivity index (χ0v) is 8.29. The maximum Gasteiger partial charge on any atom is 0.279 e. The van der Waals surface area contributed by atoms with Gasteiger partial charge in [-0.2, -0.15) is 0 Å². The van der Waals surface area contributed by atoms with Gasteiger partial charge in [0.2, 0.25) is 0 Å². The van der Waals surface area contributed by atoms with Gasteiger partial charge in [-0.1, -0.05) is 37.6 Å². The fourth-order valence-corrected chi connectivity index (χ4v) is 1.58. The molecule has 1 aliphatic carbocycles. The summed E-state index contributed by atoms with van der Waals surface area (Å²) >= 11 is 0. The zero-order valence-electron chi connectivity index (χ0n) is 8.29. The molecule has 0 bridgehead atoms. The molecule has 3 heteroatoms. The molecule has 0 radical (unpaired) electrons. The molecule has 1 nitrogen and oxygen atoms in total. The van der Waals surface area contributed by atoms with Gasteiger partial charge in [0.1, 0.15) is 6.10 Å². The van der Waals surface area contributed by atoms with E-state index in [1.54, 1.807) is 25.2 Å². The minimum atomic E-state index is -3.00. The number of hydrogen-bond donors (Lipinski definition) is 1. The summed E-state index contributed by atoms with van der Waals surface area (Å²) in [7, 11) is 0. The first-order valence-corrected chi connectivity index (χ1v) is 4.98. The Balaban J connectivity index is 2.63. The molecule has 0 spiro atoms. The summed E-state index contributed by atoms with van der Waals surface area (Å²) in [6.45, 7) is 1.79. The van der Waals surface area contributed by atoms with Crippen LogP contribution in [0.5, 0.6) is 0 Å². The predicted octanol–water partition coefficient (Wildman–Crippen LogP) is 2.92. The highest BCUT2D eigenvalue weighted by atomic mass is 19.3. The van der Waals surface area contributed by atoms with Crippen LogP contribution in [0.15, 0.2) is 24.3 Å². The lowest BCUT2D eigenvalue weighted by atomic mass is 9.89. The van der Waals surface area contributed by atoms with Crippen molar-refractivity contribution in [2.75, 3.05) is 0 Å². The van der Waals surface area contributed by atoms with E-state index >= 15 is 0 Å². The molecule has 0 aromatic carbocycles. The first-order chi connectivity index (χ1) is 6.59. The van der Waals surface area contributed by atoms with Crippen LogP contribution in [0, 0.1) is 5.92 Å². The number of aliphatic hydroxyl groups is 1. The number of rotatable bonds is 4. The quantitative estimate of drug-likeness (QED) is 0.743. The summed E-state index contributed by atoms with van der Waals surface area (Å²) in [5, 5.41) is 9.32. The van der Waals surface area contributed by atoms with Crippen molar-refractivity contribution in [3.05, 3.63) is 24.3 Å². The van der Waals surface area contributed by atoms with Gasteiger partial charge in [-0.25, -0.2) is 8.78 Å². The second-order valence-corrected chi connectivity index (χ2v) is 3.63. The summed E-state index contributed by atoms with van der Waals surface area (Å²) in [4.78, 5) is 0. The Morgan fingerprint density at radius 2 is 2.21 bits per heavy atom. The van der Waals surface area contributed by atoms with E-state index in [0.29, 0.717) is 12.8 Å². The van der Waals surface area contributed by atoms with Crippen molar-refractivity contribution in [2.24, 2.45) is 5.92 Å². The van der Waals surface area contributed by atoms with Crippen LogP contribution < -0.4 is 0 Å². The minimum Gasteiger partial charge on any atom is -0.387 e. The summed E-state index contributed by atoms with van der Waals surface area (Å²) in [5.41, 5.74) is 0. The summed E-state index contributed by atoms with van der Waals surface area (Å²) in [6, 6.07) is 0. The maximum absolute atomic E-state index is 13.6. The van der Waals surface area contributed by atoms with Crippen LogP contribution in [-0.4, -0.2) is 17.1 Å². The van der Waals surface area contributed by atoms with Gasteiger partial charge in [0.25, 0.3) is 5.92 Å². The van der Waals surface area contributed by atoms with Crippen molar-refractivity contribution >= 4 is 0 Å². The van der Waals surface area contributed by atoms with Crippen LogP contribution in [0.2, 0.25) is 0 Å². The fourth-order valence-electron chi connectivity index (χ4n) is 1.58. The molecular formula is C11H16F2O. The van der Waals surface area contributed by atoms with Crippen LogP contribution in [0.1, 0.15) is 26.2 Å². The third kappa shape index (κ3) is 2.41. The first-order valence-electron chi connectivity index (χ1n) is 4.98. The van der Waals surface area contributed by atoms with E-state index < -0.39 is 17.9 Å². The molecule has 0 aromatic rings. The standard InChI is InChI=1S/C11H16F2O/c1-2-6-10(14)11(12,13)9-7-4-3-5-8-9/h3-5,7,9-10,14H,2,6,8H2,1H3/t9?,10-/m0/s1. The summed E-state index contributed by atoms with van der Waals surface area (Å²) in [5.74, 6) is -3.86. The average molecular weight is 202 g/mol. The smallest absolute Gasteiger partial charge is 0.279 e. The molecular weight excluding hydrogens is 186 g/mol. The second kappa shape index (κ2) is 4.69. The van der Waals surface area contributed by atoms with Crippen LogP contribution in [0.3, 0.4) is 0 Å². The number of hydrogen-bond acceptors (Lipinski definition) is 1. The van der Waals surface area contributed by atoms with Gasteiger partial charge in [0.15, 0.2) is 0 Å². The van der Waals surface area contributed by atoms with E-state index in [1.807, 2.05) is 0 Å². The van der Waals surface area contributed by atoms with Gasteiger partial charge in [0.05, 0.1) is 0 Å². The van der Waals surface area contributed by atoms with Crippen molar-refractivity contribution in [3.63, 3.8) is 0 Å². The molecule has 0 fully saturated rings. The first kappa shape index (κ1) is 11.4. The van der Waals surface area contributed by atoms with Crippen LogP contribution in [-0.2, 0) is 0 Å². The van der Waals surface area contributed by atoms with Gasteiger partial charge in [-0.05, 0) is 12.8 Å². The lowest BCUT2D eigenvalue weighted by Crippen LogP contribution is -2.40. The Bertz CT molecular complexity index is 233. The maximum atomic E-state index is 13.6. The van der Waals surface area contributed by atoms with Crippen molar-refractivity contribution in [1.29, 1.82) is 0 Å². The largest absolute Gasteiger partial charge is 0.387 e. The number of alkyl halides is 2. The molecule has 0 amide bonds. The molecule has 1 unspecified atom stereocenters. The van der Waals surface area contributed by atoms with Crippen LogP contribution in [0.25, 0.3) is 0 Å². The van der Waals surface area contributed by atoms with E-state index in [9.17, 15) is 13.9 Å². The van der Waals surface area contributed by atoms with Gasteiger partial charge < -0.3 is 5.11 Å². The number of allylic oxidation sites excluding steroid dienone is 4. The second-order valence-electron chi connectivity index (χ2n) is 3.63. The van der Waals surface area contributed by atoms with Crippen molar-refractivity contribution in [2.45, 2.75) is 38.2 Å². The molecule has 1 N–H and O–H groups in total. The zero-order chi connectivity index (χ0) is 10.6. The fraction of sp³-hybridized carbons (Fsp3) is 0.636. The number of aliphatic hydroxyl groups excluding tert-OH is 1. The number of halogens is 2. The van der Waals surface area contributed by atoms with E-state index in [2.05, 4.69) is 0 Å². The van der Waals surface area contributed by atoms with Gasteiger partial charge in [-0.15, -0.1) is 0 Å². The van der Waals surface area contributed by atoms with E-state index in [1.165, 1.54) is 6.08 Å². The van der Waals surface area contributed by atoms with Gasteiger partial charge >= 0.3 is 0 Å². The Hall–Kier alpha value is -0.700. The average Bonchev–Trinajstić information content (AvgIpc) is 2.19. The topological polar surface area (TPSA) is 20.2 Å². The molecule has 1 aliphatic rings. The third-order valence-electron chi connectivity index (χ3n) is 2.48. The van der Waals surface area contributed by atoms with Gasteiger partial charge in [-0.3, -0.25) is 0 Å². The molecule has 1 rings (SSSR count). The molecule has 0 saturated carbocycles. The normalized spacial score (nSPS) is 23.9. The predicted molar refractivity (Wildman–Crippen MR) is 52.2 cm³/mol. The van der Waals surface area contributed by atoms with Crippen molar-refractivity contribution in [3.8, 4) is 0 Å². The Labute approximate surface area is 83.1 Å². The molecule has 80 valence electrons. The van der Waals surface area contributed by atoms with E-state index in [0.717, 1.165) is 0 Å². The van der Waals surface area contributed by atoms with Crippen LogP contribution in [0.4, 0.5) is 8.78 Å². The molecule has 0 aromatic heterocycles. The summed E-state index contributed by atoms with van der Waals surface area (Å²) in [6.07, 6.45) is 6.05. The van der Waals surface area contributed by atoms with E-state index in [-0.39, 0.29) is 6.42 Å². The van der Waals surface area contributed by atoms with Gasteiger partial charge in [0, 0.05) is 5.92 Å². The molecule has 0 saturated heterocycles. The van der Waals surface area contributed by atoms with Crippen LogP contribution >= 0.6 is 0 Å². The molecule has 14 heavy (non-hydrogen) atoms. The Kier molecular flexibility index (Phi) is 3.81. The third-order valence-corrected chi connectivity index (χ3v) is 2.48. The monoisotopic (exact) mass is 202 g/mol. The lowest BCUT2D eigenvalue weighted by Gasteiger charge is -2.29.